The van der Waals surface area contributed by atoms with Crippen LogP contribution in [-0.4, -0.2) is 31.5 Å². The first-order valence-corrected chi connectivity index (χ1v) is 5.91. The van der Waals surface area contributed by atoms with Crippen molar-refractivity contribution in [2.75, 3.05) is 5.33 Å². The van der Waals surface area contributed by atoms with Crippen molar-refractivity contribution < 1.29 is 5.11 Å². The molecule has 2 rings (SSSR count). The highest BCUT2D eigenvalue weighted by Crippen LogP contribution is 2.03. The molecule has 0 saturated heterocycles. The maximum absolute atomic E-state index is 11.9. The second-order valence-electron chi connectivity index (χ2n) is 3.40. The number of halogens is 1. The van der Waals surface area contributed by atoms with E-state index in [9.17, 15) is 9.90 Å². The second-order valence-corrected chi connectivity index (χ2v) is 4.05. The van der Waals surface area contributed by atoms with Gasteiger partial charge in [0.05, 0.1) is 18.0 Å². The average molecular weight is 284 g/mol. The molecule has 1 unspecified atom stereocenters. The van der Waals surface area contributed by atoms with Gasteiger partial charge in [0.25, 0.3) is 5.56 Å². The van der Waals surface area contributed by atoms with E-state index >= 15 is 0 Å². The fourth-order valence-corrected chi connectivity index (χ4v) is 1.60. The van der Waals surface area contributed by atoms with E-state index in [0.29, 0.717) is 16.2 Å². The molecule has 0 aliphatic heterocycles. The zero-order valence-electron chi connectivity index (χ0n) is 8.38. The lowest BCUT2D eigenvalue weighted by molar-refractivity contribution is 0.170. The number of rotatable bonds is 3. The molecule has 0 bridgehead atoms. The van der Waals surface area contributed by atoms with Crippen molar-refractivity contribution in [2.45, 2.75) is 12.6 Å². The number of fused-ring (bicyclic) bond motifs is 1. The molecule has 1 atom stereocenters. The molecular formula is C10H10BrN3O2. The fraction of sp³-hybridized carbons (Fsp3) is 0.300. The van der Waals surface area contributed by atoms with Gasteiger partial charge in [-0.3, -0.25) is 4.79 Å². The first-order chi connectivity index (χ1) is 7.72. The van der Waals surface area contributed by atoms with Crippen LogP contribution >= 0.6 is 15.9 Å². The molecule has 0 aliphatic rings. The van der Waals surface area contributed by atoms with Crippen molar-refractivity contribution in [1.82, 2.24) is 15.0 Å². The van der Waals surface area contributed by atoms with E-state index in [1.807, 2.05) is 0 Å². The topological polar surface area (TPSA) is 68.0 Å². The first-order valence-electron chi connectivity index (χ1n) is 4.79. The van der Waals surface area contributed by atoms with Gasteiger partial charge in [-0.2, -0.15) is 0 Å². The molecule has 2 aromatic rings. The fourth-order valence-electron chi connectivity index (χ4n) is 1.39. The van der Waals surface area contributed by atoms with Gasteiger partial charge in [0.15, 0.2) is 0 Å². The smallest absolute Gasteiger partial charge is 0.277 e. The van der Waals surface area contributed by atoms with Gasteiger partial charge >= 0.3 is 0 Å². The SMILES string of the molecule is O=c1c2ccccc2nnn1CC(O)CBr. The lowest BCUT2D eigenvalue weighted by atomic mass is 10.2. The van der Waals surface area contributed by atoms with Crippen LogP contribution in [-0.2, 0) is 6.54 Å². The van der Waals surface area contributed by atoms with Crippen LogP contribution < -0.4 is 5.56 Å². The number of alkyl halides is 1. The number of benzene rings is 1. The van der Waals surface area contributed by atoms with Crippen molar-refractivity contribution in [2.24, 2.45) is 0 Å². The van der Waals surface area contributed by atoms with Gasteiger partial charge in [0, 0.05) is 5.33 Å². The Morgan fingerprint density at radius 1 is 1.44 bits per heavy atom. The highest BCUT2D eigenvalue weighted by Gasteiger charge is 2.08. The minimum Gasteiger partial charge on any atom is -0.390 e. The summed E-state index contributed by atoms with van der Waals surface area (Å²) in [4.78, 5) is 11.9. The van der Waals surface area contributed by atoms with E-state index in [1.54, 1.807) is 24.3 Å². The van der Waals surface area contributed by atoms with E-state index in [-0.39, 0.29) is 12.1 Å². The Kier molecular flexibility index (Phi) is 3.31. The molecule has 1 aromatic carbocycles. The summed E-state index contributed by atoms with van der Waals surface area (Å²) in [5, 5.41) is 18.0. The molecular weight excluding hydrogens is 274 g/mol. The summed E-state index contributed by atoms with van der Waals surface area (Å²) in [5.41, 5.74) is 0.336. The Bertz CT molecular complexity index is 555. The second kappa shape index (κ2) is 4.71. The van der Waals surface area contributed by atoms with E-state index in [0.717, 1.165) is 0 Å². The third kappa shape index (κ3) is 2.12. The van der Waals surface area contributed by atoms with Crippen LogP contribution in [0.15, 0.2) is 29.1 Å². The summed E-state index contributed by atoms with van der Waals surface area (Å²) in [6.07, 6.45) is -0.645. The molecule has 0 fully saturated rings. The van der Waals surface area contributed by atoms with Crippen LogP contribution in [0.3, 0.4) is 0 Å². The molecule has 16 heavy (non-hydrogen) atoms. The zero-order chi connectivity index (χ0) is 11.5. The quantitative estimate of drug-likeness (QED) is 0.836. The highest BCUT2D eigenvalue weighted by atomic mass is 79.9. The van der Waals surface area contributed by atoms with Crippen LogP contribution in [0.2, 0.25) is 0 Å². The maximum Gasteiger partial charge on any atom is 0.277 e. The van der Waals surface area contributed by atoms with E-state index in [4.69, 9.17) is 0 Å². The normalized spacial score (nSPS) is 12.9. The van der Waals surface area contributed by atoms with Crippen molar-refractivity contribution in [3.8, 4) is 0 Å². The van der Waals surface area contributed by atoms with Gasteiger partial charge in [0.1, 0.15) is 5.52 Å². The summed E-state index contributed by atoms with van der Waals surface area (Å²) >= 11 is 3.13. The van der Waals surface area contributed by atoms with Crippen LogP contribution in [0.4, 0.5) is 0 Å². The van der Waals surface area contributed by atoms with Gasteiger partial charge in [-0.05, 0) is 12.1 Å². The van der Waals surface area contributed by atoms with Gasteiger partial charge in [-0.15, -0.1) is 5.10 Å². The van der Waals surface area contributed by atoms with Crippen molar-refractivity contribution >= 4 is 26.8 Å². The molecule has 0 amide bonds. The minimum atomic E-state index is -0.645. The predicted octanol–water partition coefficient (Wildman–Crippen LogP) is 0.547. The Morgan fingerprint density at radius 2 is 2.19 bits per heavy atom. The Morgan fingerprint density at radius 3 is 2.94 bits per heavy atom. The van der Waals surface area contributed by atoms with Gasteiger partial charge in [0.2, 0.25) is 0 Å². The largest absolute Gasteiger partial charge is 0.390 e. The van der Waals surface area contributed by atoms with Crippen LogP contribution in [0, 0.1) is 0 Å². The lowest BCUT2D eigenvalue weighted by Crippen LogP contribution is -2.30. The molecule has 84 valence electrons. The minimum absolute atomic E-state index is 0.141. The average Bonchev–Trinajstić information content (AvgIpc) is 2.33. The van der Waals surface area contributed by atoms with Crippen molar-refractivity contribution in [1.29, 1.82) is 0 Å². The molecule has 0 spiro atoms. The molecule has 1 heterocycles. The number of aliphatic hydroxyl groups is 1. The van der Waals surface area contributed by atoms with Crippen LogP contribution in [0.5, 0.6) is 0 Å². The monoisotopic (exact) mass is 283 g/mol. The molecule has 0 saturated carbocycles. The molecule has 0 radical (unpaired) electrons. The Balaban J connectivity index is 2.49. The highest BCUT2D eigenvalue weighted by molar-refractivity contribution is 9.09. The number of aliphatic hydroxyl groups excluding tert-OH is 1. The number of nitrogens with zero attached hydrogens (tertiary/aromatic N) is 3. The summed E-state index contributed by atoms with van der Waals surface area (Å²) in [6, 6.07) is 7.00. The van der Waals surface area contributed by atoms with E-state index < -0.39 is 6.10 Å². The Hall–Kier alpha value is -1.27. The molecule has 1 N–H and O–H groups in total. The van der Waals surface area contributed by atoms with Crippen LogP contribution in [0.25, 0.3) is 10.9 Å². The summed E-state index contributed by atoms with van der Waals surface area (Å²) in [7, 11) is 0. The summed E-state index contributed by atoms with van der Waals surface area (Å²) in [5.74, 6) is 0. The molecule has 1 aromatic heterocycles. The third-order valence-electron chi connectivity index (χ3n) is 2.19. The standard InChI is InChI=1S/C10H10BrN3O2/c11-5-7(15)6-14-10(16)8-3-1-2-4-9(8)12-13-14/h1-4,7,15H,5-6H2. The first kappa shape index (κ1) is 11.2. The van der Waals surface area contributed by atoms with Gasteiger partial charge in [-0.1, -0.05) is 33.3 Å². The van der Waals surface area contributed by atoms with Gasteiger partial charge in [-0.25, -0.2) is 4.68 Å². The summed E-state index contributed by atoms with van der Waals surface area (Å²) in [6.45, 7) is 0.141. The molecule has 0 aliphatic carbocycles. The molecule has 6 heteroatoms. The van der Waals surface area contributed by atoms with Gasteiger partial charge < -0.3 is 5.11 Å². The maximum atomic E-state index is 11.9. The zero-order valence-corrected chi connectivity index (χ0v) is 9.96. The molecule has 5 nitrogen and oxygen atoms in total. The number of hydrogen-bond donors (Lipinski definition) is 1. The van der Waals surface area contributed by atoms with Crippen molar-refractivity contribution in [3.05, 3.63) is 34.6 Å². The third-order valence-corrected chi connectivity index (χ3v) is 2.94. The summed E-state index contributed by atoms with van der Waals surface area (Å²) < 4.78 is 1.17. The predicted molar refractivity (Wildman–Crippen MR) is 63.6 cm³/mol. The van der Waals surface area contributed by atoms with Crippen LogP contribution in [0.1, 0.15) is 0 Å². The number of aromatic nitrogens is 3. The van der Waals surface area contributed by atoms with E-state index in [1.165, 1.54) is 4.68 Å². The van der Waals surface area contributed by atoms with Crippen molar-refractivity contribution in [3.63, 3.8) is 0 Å². The lowest BCUT2D eigenvalue weighted by Gasteiger charge is -2.07. The van der Waals surface area contributed by atoms with E-state index in [2.05, 4.69) is 26.2 Å². The Labute approximate surface area is 99.8 Å². The number of hydrogen-bond acceptors (Lipinski definition) is 4.